The zero-order valence-electron chi connectivity index (χ0n) is 8.39. The average molecular weight is 239 g/mol. The van der Waals surface area contributed by atoms with Crippen molar-refractivity contribution in [3.63, 3.8) is 0 Å². The summed E-state index contributed by atoms with van der Waals surface area (Å²) in [4.78, 5) is 11.5. The number of carbonyl (C=O) groups is 1. The molecule has 0 bridgehead atoms. The second-order valence-electron chi connectivity index (χ2n) is 3.41. The normalized spacial score (nSPS) is 17.3. The Morgan fingerprint density at radius 1 is 1.38 bits per heavy atom. The number of hydrogen-bond acceptors (Lipinski definition) is 5. The van der Waals surface area contributed by atoms with Crippen molar-refractivity contribution < 1.29 is 13.2 Å². The number of carbonyl (C=O) groups excluding carboxylic acids is 1. The fraction of sp³-hybridized carbons (Fsp3) is 0.111. The number of amides is 1. The molecule has 3 N–H and O–H groups in total. The minimum absolute atomic E-state index is 0.0421. The molecule has 0 spiro atoms. The quantitative estimate of drug-likeness (QED) is 0.519. The van der Waals surface area contributed by atoms with Crippen LogP contribution >= 0.6 is 0 Å². The van der Waals surface area contributed by atoms with Crippen molar-refractivity contribution in [1.29, 1.82) is 0 Å². The van der Waals surface area contributed by atoms with Crippen LogP contribution in [0.3, 0.4) is 0 Å². The number of anilines is 1. The summed E-state index contributed by atoms with van der Waals surface area (Å²) in [6.45, 7) is 0. The topological polar surface area (TPSA) is 102 Å². The van der Waals surface area contributed by atoms with Gasteiger partial charge in [0.05, 0.1) is 10.6 Å². The fourth-order valence-corrected chi connectivity index (χ4v) is 2.14. The van der Waals surface area contributed by atoms with E-state index in [0.29, 0.717) is 11.3 Å². The number of fused-ring (bicyclic) bond motifs is 1. The first kappa shape index (κ1) is 10.6. The van der Waals surface area contributed by atoms with E-state index in [1.165, 1.54) is 18.2 Å². The van der Waals surface area contributed by atoms with Gasteiger partial charge in [0.2, 0.25) is 0 Å². The van der Waals surface area contributed by atoms with Crippen LogP contribution in [0, 0.1) is 0 Å². The fourth-order valence-electron chi connectivity index (χ4n) is 1.49. The third kappa shape index (κ3) is 1.54. The van der Waals surface area contributed by atoms with Crippen LogP contribution < -0.4 is 11.2 Å². The summed E-state index contributed by atoms with van der Waals surface area (Å²) < 4.78 is 22.7. The molecule has 1 aromatic rings. The van der Waals surface area contributed by atoms with Crippen molar-refractivity contribution >= 4 is 27.1 Å². The molecule has 0 unspecified atom stereocenters. The summed E-state index contributed by atoms with van der Waals surface area (Å²) in [5, 5.41) is 5.88. The van der Waals surface area contributed by atoms with Gasteiger partial charge >= 0.3 is 0 Å². The molecule has 7 heteroatoms. The molecule has 0 saturated heterocycles. The van der Waals surface area contributed by atoms with Crippen LogP contribution in [0.25, 0.3) is 0 Å². The highest BCUT2D eigenvalue weighted by Crippen LogP contribution is 2.26. The molecule has 0 saturated carbocycles. The average Bonchev–Trinajstić information content (AvgIpc) is 2.50. The largest absolute Gasteiger partial charge is 0.322 e. The monoisotopic (exact) mass is 239 g/mol. The number of hydrazone groups is 1. The van der Waals surface area contributed by atoms with Gasteiger partial charge in [0, 0.05) is 11.8 Å². The predicted molar refractivity (Wildman–Crippen MR) is 58.9 cm³/mol. The molecule has 0 atom stereocenters. The highest BCUT2D eigenvalue weighted by molar-refractivity contribution is 7.90. The summed E-state index contributed by atoms with van der Waals surface area (Å²) in [5.41, 5.74) is 0.970. The third-order valence-corrected chi connectivity index (χ3v) is 3.38. The van der Waals surface area contributed by atoms with Crippen LogP contribution in [0.5, 0.6) is 0 Å². The van der Waals surface area contributed by atoms with Crippen LogP contribution in [0.2, 0.25) is 0 Å². The van der Waals surface area contributed by atoms with Gasteiger partial charge in [0.25, 0.3) is 5.91 Å². The maximum Gasteiger partial charge on any atom is 0.276 e. The first-order valence-corrected chi connectivity index (χ1v) is 6.26. The lowest BCUT2D eigenvalue weighted by Gasteiger charge is -2.01. The number of nitrogens with two attached hydrogens (primary N) is 1. The Morgan fingerprint density at radius 2 is 2.06 bits per heavy atom. The van der Waals surface area contributed by atoms with E-state index in [1.807, 2.05) is 0 Å². The zero-order valence-corrected chi connectivity index (χ0v) is 9.21. The van der Waals surface area contributed by atoms with Crippen molar-refractivity contribution in [2.45, 2.75) is 4.90 Å². The number of hydrogen-bond donors (Lipinski definition) is 2. The molecule has 1 aliphatic heterocycles. The Bertz CT molecular complexity index is 604. The molecular formula is C9H9N3O3S. The van der Waals surface area contributed by atoms with Gasteiger partial charge in [-0.05, 0) is 18.2 Å². The molecule has 6 nitrogen and oxygen atoms in total. The first-order valence-electron chi connectivity index (χ1n) is 4.37. The summed E-state index contributed by atoms with van der Waals surface area (Å²) in [7, 11) is -3.31. The maximum absolute atomic E-state index is 11.4. The van der Waals surface area contributed by atoms with E-state index in [4.69, 9.17) is 5.84 Å². The van der Waals surface area contributed by atoms with Gasteiger partial charge < -0.3 is 11.2 Å². The Kier molecular flexibility index (Phi) is 2.20. The van der Waals surface area contributed by atoms with Crippen LogP contribution in [0.1, 0.15) is 5.56 Å². The standard InChI is InChI=1S/C9H9N3O3S/c1-16(14,15)5-2-3-7-6(4-5)8(12-10)9(13)11-7/h2-4H,10H2,1H3,(H,11,12,13). The van der Waals surface area contributed by atoms with Crippen LogP contribution in [-0.2, 0) is 14.6 Å². The first-order chi connectivity index (χ1) is 7.43. The van der Waals surface area contributed by atoms with Gasteiger partial charge in [0.15, 0.2) is 15.5 Å². The lowest BCUT2D eigenvalue weighted by molar-refractivity contribution is -0.110. The Hall–Kier alpha value is -1.89. The van der Waals surface area contributed by atoms with E-state index in [1.54, 1.807) is 0 Å². The molecule has 84 valence electrons. The highest BCUT2D eigenvalue weighted by atomic mass is 32.2. The molecule has 1 amide bonds. The molecular weight excluding hydrogens is 230 g/mol. The van der Waals surface area contributed by atoms with Crippen molar-refractivity contribution in [2.75, 3.05) is 11.6 Å². The smallest absolute Gasteiger partial charge is 0.276 e. The van der Waals surface area contributed by atoms with E-state index in [9.17, 15) is 13.2 Å². The number of sulfone groups is 1. The molecule has 0 aromatic heterocycles. The van der Waals surface area contributed by atoms with E-state index in [2.05, 4.69) is 10.4 Å². The molecule has 1 aliphatic rings. The molecule has 0 radical (unpaired) electrons. The van der Waals surface area contributed by atoms with Gasteiger partial charge in [0.1, 0.15) is 0 Å². The Morgan fingerprint density at radius 3 is 2.62 bits per heavy atom. The van der Waals surface area contributed by atoms with Gasteiger partial charge in [-0.2, -0.15) is 5.10 Å². The van der Waals surface area contributed by atoms with Crippen molar-refractivity contribution in [2.24, 2.45) is 10.9 Å². The molecule has 1 aromatic carbocycles. The molecule has 16 heavy (non-hydrogen) atoms. The van der Waals surface area contributed by atoms with E-state index < -0.39 is 15.7 Å². The molecule has 2 rings (SSSR count). The second kappa shape index (κ2) is 3.31. The third-order valence-electron chi connectivity index (χ3n) is 2.27. The number of nitrogens with one attached hydrogen (secondary N) is 1. The number of nitrogens with zero attached hydrogens (tertiary/aromatic N) is 1. The lowest BCUT2D eigenvalue weighted by Crippen LogP contribution is -2.15. The van der Waals surface area contributed by atoms with Crippen LogP contribution in [0.4, 0.5) is 5.69 Å². The minimum Gasteiger partial charge on any atom is -0.322 e. The maximum atomic E-state index is 11.4. The summed E-state index contributed by atoms with van der Waals surface area (Å²) in [6.07, 6.45) is 1.10. The number of benzene rings is 1. The molecule has 1 heterocycles. The predicted octanol–water partition coefficient (Wildman–Crippen LogP) is -0.295. The zero-order chi connectivity index (χ0) is 11.9. The van der Waals surface area contributed by atoms with Crippen LogP contribution in [-0.4, -0.2) is 26.3 Å². The van der Waals surface area contributed by atoms with Crippen molar-refractivity contribution in [3.05, 3.63) is 23.8 Å². The summed E-state index contributed by atoms with van der Waals surface area (Å²) >= 11 is 0. The SMILES string of the molecule is CS(=O)(=O)c1ccc2c(c1)/C(=N/N)C(=O)N2. The van der Waals surface area contributed by atoms with E-state index in [-0.39, 0.29) is 10.6 Å². The highest BCUT2D eigenvalue weighted by Gasteiger charge is 2.27. The van der Waals surface area contributed by atoms with E-state index in [0.717, 1.165) is 6.26 Å². The minimum atomic E-state index is -3.31. The van der Waals surface area contributed by atoms with Gasteiger partial charge in [-0.1, -0.05) is 0 Å². The molecule has 0 fully saturated rings. The van der Waals surface area contributed by atoms with Gasteiger partial charge in [-0.15, -0.1) is 0 Å². The Labute approximate surface area is 92.1 Å². The van der Waals surface area contributed by atoms with Gasteiger partial charge in [-0.3, -0.25) is 4.79 Å². The van der Waals surface area contributed by atoms with Crippen LogP contribution in [0.15, 0.2) is 28.2 Å². The van der Waals surface area contributed by atoms with Crippen molar-refractivity contribution in [3.8, 4) is 0 Å². The molecule has 0 aliphatic carbocycles. The van der Waals surface area contributed by atoms with Crippen molar-refractivity contribution in [1.82, 2.24) is 0 Å². The summed E-state index contributed by atoms with van der Waals surface area (Å²) in [5.74, 6) is 4.65. The lowest BCUT2D eigenvalue weighted by atomic mass is 10.1. The second-order valence-corrected chi connectivity index (χ2v) is 5.43. The van der Waals surface area contributed by atoms with E-state index >= 15 is 0 Å². The van der Waals surface area contributed by atoms with Gasteiger partial charge in [-0.25, -0.2) is 8.42 Å². The number of rotatable bonds is 1. The summed E-state index contributed by atoms with van der Waals surface area (Å²) in [6, 6.07) is 4.32. The Balaban J connectivity index is 2.65.